The van der Waals surface area contributed by atoms with Crippen LogP contribution in [-0.2, 0) is 27.4 Å². The highest BCUT2D eigenvalue weighted by Crippen LogP contribution is 2.25. The van der Waals surface area contributed by atoms with Crippen LogP contribution in [0.25, 0.3) is 0 Å². The second kappa shape index (κ2) is 9.06. The Labute approximate surface area is 147 Å². The van der Waals surface area contributed by atoms with E-state index in [1.807, 2.05) is 60.7 Å². The van der Waals surface area contributed by atoms with Crippen molar-refractivity contribution in [3.63, 3.8) is 0 Å². The highest BCUT2D eigenvalue weighted by molar-refractivity contribution is 5.14. The van der Waals surface area contributed by atoms with Crippen molar-refractivity contribution in [2.24, 2.45) is 0 Å². The molecule has 0 spiro atoms. The van der Waals surface area contributed by atoms with Crippen LogP contribution in [0.4, 0.5) is 4.39 Å². The summed E-state index contributed by atoms with van der Waals surface area (Å²) >= 11 is 0. The third kappa shape index (κ3) is 4.86. The van der Waals surface area contributed by atoms with Crippen LogP contribution in [0.3, 0.4) is 0 Å². The molecule has 2 aromatic rings. The number of alkyl halides is 1. The molecule has 1 fully saturated rings. The van der Waals surface area contributed by atoms with Crippen molar-refractivity contribution >= 4 is 0 Å². The molecule has 25 heavy (non-hydrogen) atoms. The van der Waals surface area contributed by atoms with Crippen molar-refractivity contribution < 1.29 is 23.7 Å². The molecule has 1 aliphatic heterocycles. The molecule has 1 saturated heterocycles. The van der Waals surface area contributed by atoms with Crippen LogP contribution in [0, 0.1) is 0 Å². The summed E-state index contributed by atoms with van der Waals surface area (Å²) in [5, 5.41) is 9.56. The summed E-state index contributed by atoms with van der Waals surface area (Å²) in [7, 11) is 0. The van der Waals surface area contributed by atoms with Gasteiger partial charge in [0.2, 0.25) is 0 Å². The number of halogens is 1. The summed E-state index contributed by atoms with van der Waals surface area (Å²) in [4.78, 5) is 0. The van der Waals surface area contributed by atoms with Crippen molar-refractivity contribution in [1.29, 1.82) is 0 Å². The number of hydrogen-bond donors (Lipinski definition) is 1. The minimum Gasteiger partial charge on any atom is -0.394 e. The Balaban J connectivity index is 1.67. The smallest absolute Gasteiger partial charge is 0.152 e. The monoisotopic (exact) mass is 346 g/mol. The summed E-state index contributed by atoms with van der Waals surface area (Å²) in [6, 6.07) is 19.2. The minimum atomic E-state index is -1.30. The Morgan fingerprint density at radius 3 is 1.92 bits per heavy atom. The minimum absolute atomic E-state index is 0.101. The third-order valence-electron chi connectivity index (χ3n) is 4.27. The first-order chi connectivity index (χ1) is 12.3. The Morgan fingerprint density at radius 2 is 1.40 bits per heavy atom. The van der Waals surface area contributed by atoms with Crippen LogP contribution >= 0.6 is 0 Å². The largest absolute Gasteiger partial charge is 0.394 e. The van der Waals surface area contributed by atoms with Gasteiger partial charge in [0.25, 0.3) is 0 Å². The molecule has 2 aromatic carbocycles. The fraction of sp³-hybridized carbons (Fsp3) is 0.400. The van der Waals surface area contributed by atoms with Crippen molar-refractivity contribution in [3.8, 4) is 0 Å². The summed E-state index contributed by atoms with van der Waals surface area (Å²) in [6.45, 7) is 0.256. The zero-order valence-corrected chi connectivity index (χ0v) is 14.0. The van der Waals surface area contributed by atoms with E-state index in [0.29, 0.717) is 6.61 Å². The van der Waals surface area contributed by atoms with Gasteiger partial charge in [0.15, 0.2) is 6.17 Å². The molecule has 5 heteroatoms. The number of benzene rings is 2. The van der Waals surface area contributed by atoms with Gasteiger partial charge in [-0.25, -0.2) is 4.39 Å². The van der Waals surface area contributed by atoms with Gasteiger partial charge < -0.3 is 19.3 Å². The fourth-order valence-electron chi connectivity index (χ4n) is 2.91. The van der Waals surface area contributed by atoms with Gasteiger partial charge in [-0.3, -0.25) is 0 Å². The summed E-state index contributed by atoms with van der Waals surface area (Å²) in [5.41, 5.74) is 1.94. The van der Waals surface area contributed by atoms with Crippen molar-refractivity contribution in [3.05, 3.63) is 71.8 Å². The molecule has 1 heterocycles. The van der Waals surface area contributed by atoms with Crippen molar-refractivity contribution in [2.75, 3.05) is 13.2 Å². The molecule has 0 bridgehead atoms. The first kappa shape index (κ1) is 18.0. The predicted molar refractivity (Wildman–Crippen MR) is 91.8 cm³/mol. The molecule has 4 atom stereocenters. The lowest BCUT2D eigenvalue weighted by Gasteiger charge is -2.39. The molecule has 134 valence electrons. The quantitative estimate of drug-likeness (QED) is 0.837. The maximum Gasteiger partial charge on any atom is 0.152 e. The van der Waals surface area contributed by atoms with E-state index >= 15 is 0 Å². The van der Waals surface area contributed by atoms with Gasteiger partial charge in [0, 0.05) is 0 Å². The molecule has 0 unspecified atom stereocenters. The standard InChI is InChI=1S/C20H23FO4/c21-17-14-23-18(11-22)20(25-13-16-9-5-2-6-10-16)19(17)24-12-15-7-3-1-4-8-15/h1-10,17-20,22H,11-14H2/t17-,18+,19+,20+/m0/s1. The van der Waals surface area contributed by atoms with E-state index in [2.05, 4.69) is 0 Å². The molecule has 0 radical (unpaired) electrons. The normalized spacial score (nSPS) is 26.5. The van der Waals surface area contributed by atoms with Gasteiger partial charge >= 0.3 is 0 Å². The maximum absolute atomic E-state index is 14.4. The van der Waals surface area contributed by atoms with E-state index in [4.69, 9.17) is 14.2 Å². The predicted octanol–water partition coefficient (Wildman–Crippen LogP) is 2.89. The second-order valence-electron chi connectivity index (χ2n) is 6.09. The van der Waals surface area contributed by atoms with E-state index in [-0.39, 0.29) is 19.8 Å². The van der Waals surface area contributed by atoms with Crippen LogP contribution in [-0.4, -0.2) is 42.8 Å². The maximum atomic E-state index is 14.4. The number of aliphatic hydroxyl groups is 1. The highest BCUT2D eigenvalue weighted by atomic mass is 19.1. The summed E-state index contributed by atoms with van der Waals surface area (Å²) in [6.07, 6.45) is -3.35. The fourth-order valence-corrected chi connectivity index (χ4v) is 2.91. The molecule has 1 N–H and O–H groups in total. The van der Waals surface area contributed by atoms with Gasteiger partial charge in [-0.05, 0) is 11.1 Å². The Morgan fingerprint density at radius 1 is 0.880 bits per heavy atom. The zero-order valence-electron chi connectivity index (χ0n) is 14.0. The number of hydrogen-bond acceptors (Lipinski definition) is 4. The number of aliphatic hydroxyl groups excluding tert-OH is 1. The first-order valence-electron chi connectivity index (χ1n) is 8.45. The van der Waals surface area contributed by atoms with Crippen LogP contribution in [0.1, 0.15) is 11.1 Å². The zero-order chi connectivity index (χ0) is 17.5. The molecule has 0 amide bonds. The van der Waals surface area contributed by atoms with Gasteiger partial charge in [0.05, 0.1) is 26.4 Å². The van der Waals surface area contributed by atoms with E-state index in [1.165, 1.54) is 0 Å². The molecule has 3 rings (SSSR count). The van der Waals surface area contributed by atoms with E-state index < -0.39 is 24.5 Å². The first-order valence-corrected chi connectivity index (χ1v) is 8.45. The molecule has 4 nitrogen and oxygen atoms in total. The number of rotatable bonds is 7. The molecule has 0 saturated carbocycles. The van der Waals surface area contributed by atoms with Crippen LogP contribution in [0.15, 0.2) is 60.7 Å². The lowest BCUT2D eigenvalue weighted by Crippen LogP contribution is -2.54. The van der Waals surface area contributed by atoms with Crippen LogP contribution in [0.2, 0.25) is 0 Å². The SMILES string of the molecule is OC[C@H]1OC[C@H](F)[C@@H](OCc2ccccc2)[C@@H]1OCc1ccccc1. The lowest BCUT2D eigenvalue weighted by atomic mass is 10.0. The average molecular weight is 346 g/mol. The summed E-state index contributed by atoms with van der Waals surface area (Å²) in [5.74, 6) is 0. The molecule has 0 aromatic heterocycles. The van der Waals surface area contributed by atoms with Crippen LogP contribution < -0.4 is 0 Å². The van der Waals surface area contributed by atoms with E-state index in [9.17, 15) is 9.50 Å². The average Bonchev–Trinajstić information content (AvgIpc) is 2.67. The van der Waals surface area contributed by atoms with Gasteiger partial charge in [0.1, 0.15) is 18.3 Å². The Bertz CT molecular complexity index is 622. The Hall–Kier alpha value is -1.79. The molecular formula is C20H23FO4. The van der Waals surface area contributed by atoms with Crippen LogP contribution in [0.5, 0.6) is 0 Å². The topological polar surface area (TPSA) is 47.9 Å². The van der Waals surface area contributed by atoms with Gasteiger partial charge in [-0.1, -0.05) is 60.7 Å². The summed E-state index contributed by atoms with van der Waals surface area (Å²) < 4.78 is 31.5. The molecule has 1 aliphatic rings. The van der Waals surface area contributed by atoms with E-state index in [1.54, 1.807) is 0 Å². The lowest BCUT2D eigenvalue weighted by molar-refractivity contribution is -0.217. The van der Waals surface area contributed by atoms with Crippen molar-refractivity contribution in [1.82, 2.24) is 0 Å². The second-order valence-corrected chi connectivity index (χ2v) is 6.09. The molecular weight excluding hydrogens is 323 g/mol. The molecule has 0 aliphatic carbocycles. The highest BCUT2D eigenvalue weighted by Gasteiger charge is 2.42. The van der Waals surface area contributed by atoms with E-state index in [0.717, 1.165) is 11.1 Å². The van der Waals surface area contributed by atoms with Gasteiger partial charge in [-0.15, -0.1) is 0 Å². The third-order valence-corrected chi connectivity index (χ3v) is 4.27. The van der Waals surface area contributed by atoms with Gasteiger partial charge in [-0.2, -0.15) is 0 Å². The van der Waals surface area contributed by atoms with Crippen molar-refractivity contribution in [2.45, 2.75) is 37.7 Å². The Kier molecular flexibility index (Phi) is 6.53. The number of ether oxygens (including phenoxy) is 3.